The number of nitrogens with one attached hydrogen (secondary N) is 1. The summed E-state index contributed by atoms with van der Waals surface area (Å²) in [6.07, 6.45) is 3.21. The molecule has 1 rings (SSSR count). The van der Waals surface area contributed by atoms with Gasteiger partial charge in [0.2, 0.25) is 0 Å². The van der Waals surface area contributed by atoms with Crippen LogP contribution in [-0.4, -0.2) is 24.7 Å². The molecular formula is C11H21NO2. The average molecular weight is 199 g/mol. The van der Waals surface area contributed by atoms with Crippen molar-refractivity contribution in [2.75, 3.05) is 6.61 Å². The third-order valence-corrected chi connectivity index (χ3v) is 2.65. The molecule has 0 radical (unpaired) electrons. The molecule has 1 aliphatic carbocycles. The van der Waals surface area contributed by atoms with Crippen LogP contribution in [0.4, 0.5) is 0 Å². The van der Waals surface area contributed by atoms with Crippen LogP contribution in [0, 0.1) is 5.92 Å². The Kier molecular flexibility index (Phi) is 4.39. The molecule has 0 aliphatic heterocycles. The molecule has 1 fully saturated rings. The van der Waals surface area contributed by atoms with E-state index in [2.05, 4.69) is 19.2 Å². The predicted octanol–water partition coefficient (Wildman–Crippen LogP) is 1.72. The minimum Gasteiger partial charge on any atom is -0.466 e. The lowest BCUT2D eigenvalue weighted by molar-refractivity contribution is -0.148. The standard InChI is InChI=1S/C11H21NO2/c1-4-14-11(13)9-6-5-7-10(9)12-8(2)3/h8-10,12H,4-7H2,1-3H3. The molecule has 0 aromatic carbocycles. The van der Waals surface area contributed by atoms with Gasteiger partial charge in [0.05, 0.1) is 12.5 Å². The molecule has 1 N–H and O–H groups in total. The third kappa shape index (κ3) is 2.98. The summed E-state index contributed by atoms with van der Waals surface area (Å²) in [6, 6.07) is 0.768. The van der Waals surface area contributed by atoms with Gasteiger partial charge in [-0.2, -0.15) is 0 Å². The Labute approximate surface area is 86.2 Å². The summed E-state index contributed by atoms with van der Waals surface area (Å²) in [5.74, 6) is 0.0560. The molecule has 0 aromatic heterocycles. The Balaban J connectivity index is 2.46. The number of esters is 1. The lowest BCUT2D eigenvalue weighted by atomic mass is 10.0. The van der Waals surface area contributed by atoms with Crippen LogP contribution in [0.2, 0.25) is 0 Å². The van der Waals surface area contributed by atoms with Gasteiger partial charge in [-0.25, -0.2) is 0 Å². The van der Waals surface area contributed by atoms with E-state index < -0.39 is 0 Å². The van der Waals surface area contributed by atoms with Gasteiger partial charge in [0.1, 0.15) is 0 Å². The fourth-order valence-electron chi connectivity index (χ4n) is 2.12. The van der Waals surface area contributed by atoms with E-state index >= 15 is 0 Å². The fraction of sp³-hybridized carbons (Fsp3) is 0.909. The van der Waals surface area contributed by atoms with Crippen LogP contribution in [0.5, 0.6) is 0 Å². The van der Waals surface area contributed by atoms with Gasteiger partial charge in [0, 0.05) is 12.1 Å². The van der Waals surface area contributed by atoms with E-state index in [-0.39, 0.29) is 11.9 Å². The van der Waals surface area contributed by atoms with Gasteiger partial charge in [0.25, 0.3) is 0 Å². The van der Waals surface area contributed by atoms with Gasteiger partial charge in [0.15, 0.2) is 0 Å². The molecule has 2 atom stereocenters. The van der Waals surface area contributed by atoms with E-state index in [0.717, 1.165) is 19.3 Å². The second kappa shape index (κ2) is 5.35. The van der Waals surface area contributed by atoms with E-state index in [9.17, 15) is 4.79 Å². The lowest BCUT2D eigenvalue weighted by Crippen LogP contribution is -2.40. The second-order valence-electron chi connectivity index (χ2n) is 4.22. The highest BCUT2D eigenvalue weighted by atomic mass is 16.5. The first-order valence-corrected chi connectivity index (χ1v) is 5.57. The minimum absolute atomic E-state index is 0.0249. The number of carbonyl (C=O) groups is 1. The Morgan fingerprint density at radius 3 is 2.79 bits per heavy atom. The van der Waals surface area contributed by atoms with Crippen molar-refractivity contribution < 1.29 is 9.53 Å². The SMILES string of the molecule is CCOC(=O)C1CCCC1NC(C)C. The van der Waals surface area contributed by atoms with Crippen LogP contribution in [0.25, 0.3) is 0 Å². The first kappa shape index (κ1) is 11.5. The van der Waals surface area contributed by atoms with Crippen molar-refractivity contribution >= 4 is 5.97 Å². The molecule has 0 saturated heterocycles. The van der Waals surface area contributed by atoms with Gasteiger partial charge in [-0.1, -0.05) is 20.3 Å². The zero-order valence-corrected chi connectivity index (χ0v) is 9.38. The molecular weight excluding hydrogens is 178 g/mol. The van der Waals surface area contributed by atoms with E-state index in [1.165, 1.54) is 0 Å². The number of rotatable bonds is 4. The van der Waals surface area contributed by atoms with Crippen LogP contribution in [-0.2, 0) is 9.53 Å². The first-order chi connectivity index (χ1) is 6.65. The van der Waals surface area contributed by atoms with Crippen molar-refractivity contribution in [1.29, 1.82) is 0 Å². The van der Waals surface area contributed by atoms with Crippen molar-refractivity contribution in [3.63, 3.8) is 0 Å². The first-order valence-electron chi connectivity index (χ1n) is 5.57. The zero-order chi connectivity index (χ0) is 10.6. The predicted molar refractivity (Wildman–Crippen MR) is 56.0 cm³/mol. The lowest BCUT2D eigenvalue weighted by Gasteiger charge is -2.21. The maximum atomic E-state index is 11.6. The normalized spacial score (nSPS) is 26.9. The highest BCUT2D eigenvalue weighted by molar-refractivity contribution is 5.73. The minimum atomic E-state index is -0.0249. The zero-order valence-electron chi connectivity index (χ0n) is 9.38. The van der Waals surface area contributed by atoms with Gasteiger partial charge in [-0.3, -0.25) is 4.79 Å². The molecule has 0 bridgehead atoms. The maximum absolute atomic E-state index is 11.6. The molecule has 3 heteroatoms. The van der Waals surface area contributed by atoms with Crippen LogP contribution in [0.3, 0.4) is 0 Å². The Morgan fingerprint density at radius 2 is 2.21 bits per heavy atom. The Hall–Kier alpha value is -0.570. The van der Waals surface area contributed by atoms with Gasteiger partial charge < -0.3 is 10.1 Å². The monoisotopic (exact) mass is 199 g/mol. The summed E-state index contributed by atoms with van der Waals surface area (Å²) >= 11 is 0. The number of ether oxygens (including phenoxy) is 1. The van der Waals surface area contributed by atoms with Gasteiger partial charge >= 0.3 is 5.97 Å². The quantitative estimate of drug-likeness (QED) is 0.701. The van der Waals surface area contributed by atoms with E-state index in [1.54, 1.807) is 0 Å². The summed E-state index contributed by atoms with van der Waals surface area (Å²) in [5, 5.41) is 3.43. The summed E-state index contributed by atoms with van der Waals surface area (Å²) in [4.78, 5) is 11.6. The van der Waals surface area contributed by atoms with Crippen molar-refractivity contribution in [2.45, 2.75) is 52.1 Å². The molecule has 0 aromatic rings. The third-order valence-electron chi connectivity index (χ3n) is 2.65. The van der Waals surface area contributed by atoms with E-state index in [0.29, 0.717) is 18.7 Å². The second-order valence-corrected chi connectivity index (χ2v) is 4.22. The van der Waals surface area contributed by atoms with Crippen molar-refractivity contribution in [1.82, 2.24) is 5.32 Å². The maximum Gasteiger partial charge on any atom is 0.310 e. The van der Waals surface area contributed by atoms with Crippen LogP contribution in [0.1, 0.15) is 40.0 Å². The smallest absolute Gasteiger partial charge is 0.310 e. The van der Waals surface area contributed by atoms with E-state index in [4.69, 9.17) is 4.74 Å². The molecule has 1 aliphatic rings. The summed E-state index contributed by atoms with van der Waals surface area (Å²) < 4.78 is 5.06. The summed E-state index contributed by atoms with van der Waals surface area (Å²) in [6.45, 7) is 6.57. The van der Waals surface area contributed by atoms with Crippen LogP contribution in [0.15, 0.2) is 0 Å². The Morgan fingerprint density at radius 1 is 1.50 bits per heavy atom. The van der Waals surface area contributed by atoms with Crippen LogP contribution >= 0.6 is 0 Å². The fourth-order valence-corrected chi connectivity index (χ4v) is 2.12. The average Bonchev–Trinajstić information content (AvgIpc) is 2.51. The summed E-state index contributed by atoms with van der Waals surface area (Å²) in [5.41, 5.74) is 0. The van der Waals surface area contributed by atoms with Crippen LogP contribution < -0.4 is 5.32 Å². The molecule has 0 amide bonds. The molecule has 0 spiro atoms. The molecule has 0 heterocycles. The number of hydrogen-bond acceptors (Lipinski definition) is 3. The Bertz CT molecular complexity index is 192. The topological polar surface area (TPSA) is 38.3 Å². The molecule has 82 valence electrons. The number of carbonyl (C=O) groups excluding carboxylic acids is 1. The molecule has 14 heavy (non-hydrogen) atoms. The highest BCUT2D eigenvalue weighted by Gasteiger charge is 2.33. The molecule has 2 unspecified atom stereocenters. The summed E-state index contributed by atoms with van der Waals surface area (Å²) in [7, 11) is 0. The van der Waals surface area contributed by atoms with Gasteiger partial charge in [-0.15, -0.1) is 0 Å². The van der Waals surface area contributed by atoms with Gasteiger partial charge in [-0.05, 0) is 19.8 Å². The number of hydrogen-bond donors (Lipinski definition) is 1. The molecule has 1 saturated carbocycles. The molecule has 3 nitrogen and oxygen atoms in total. The highest BCUT2D eigenvalue weighted by Crippen LogP contribution is 2.27. The largest absolute Gasteiger partial charge is 0.466 e. The van der Waals surface area contributed by atoms with Crippen molar-refractivity contribution in [3.8, 4) is 0 Å². The van der Waals surface area contributed by atoms with Crippen molar-refractivity contribution in [3.05, 3.63) is 0 Å². The van der Waals surface area contributed by atoms with Crippen molar-refractivity contribution in [2.24, 2.45) is 5.92 Å². The van der Waals surface area contributed by atoms with E-state index in [1.807, 2.05) is 6.92 Å².